The molecule has 1 rings (SSSR count). The van der Waals surface area contributed by atoms with Crippen LogP contribution in [-0.4, -0.2) is 29.8 Å². The monoisotopic (exact) mass is 212 g/mol. The maximum absolute atomic E-state index is 5.56. The fraction of sp³-hybridized carbons (Fsp3) is 0.800. The second-order valence-electron chi connectivity index (χ2n) is 3.91. The number of hydrogen-bond acceptors (Lipinski definition) is 5. The molecule has 1 unspecified atom stereocenters. The summed E-state index contributed by atoms with van der Waals surface area (Å²) in [6, 6.07) is 1.04. The van der Waals surface area contributed by atoms with Crippen molar-refractivity contribution < 1.29 is 4.42 Å². The summed E-state index contributed by atoms with van der Waals surface area (Å²) in [4.78, 5) is 1.95. The summed E-state index contributed by atoms with van der Waals surface area (Å²) in [5.41, 5.74) is 0. The van der Waals surface area contributed by atoms with E-state index in [0.717, 1.165) is 6.54 Å². The molecule has 0 aromatic carbocycles. The standard InChI is InChI=1S/C10H20N4O/c1-6-11-8(4)9-12-13-10(15-9)14(5)7(2)3/h7-8,11H,6H2,1-5H3. The van der Waals surface area contributed by atoms with Gasteiger partial charge in [-0.05, 0) is 27.3 Å². The fourth-order valence-corrected chi connectivity index (χ4v) is 1.16. The number of hydrogen-bond donors (Lipinski definition) is 1. The van der Waals surface area contributed by atoms with Crippen molar-refractivity contribution in [3.8, 4) is 0 Å². The molecule has 0 aliphatic heterocycles. The zero-order valence-electron chi connectivity index (χ0n) is 10.1. The second kappa shape index (κ2) is 5.11. The molecule has 5 heteroatoms. The minimum Gasteiger partial charge on any atom is -0.406 e. The Balaban J connectivity index is 2.71. The molecule has 1 heterocycles. The zero-order valence-corrected chi connectivity index (χ0v) is 10.1. The third kappa shape index (κ3) is 2.92. The van der Waals surface area contributed by atoms with E-state index in [2.05, 4.69) is 29.4 Å². The van der Waals surface area contributed by atoms with Crippen LogP contribution in [-0.2, 0) is 0 Å². The molecule has 86 valence electrons. The molecule has 15 heavy (non-hydrogen) atoms. The van der Waals surface area contributed by atoms with Crippen molar-refractivity contribution in [3.63, 3.8) is 0 Å². The summed E-state index contributed by atoms with van der Waals surface area (Å²) in [6.45, 7) is 9.11. The van der Waals surface area contributed by atoms with Crippen molar-refractivity contribution in [1.82, 2.24) is 15.5 Å². The van der Waals surface area contributed by atoms with Crippen LogP contribution in [0.1, 0.15) is 39.6 Å². The molecular weight excluding hydrogens is 192 g/mol. The number of anilines is 1. The highest BCUT2D eigenvalue weighted by atomic mass is 16.4. The number of rotatable bonds is 5. The lowest BCUT2D eigenvalue weighted by Gasteiger charge is -2.17. The highest BCUT2D eigenvalue weighted by molar-refractivity contribution is 5.23. The Labute approximate surface area is 90.9 Å². The first-order valence-electron chi connectivity index (χ1n) is 5.35. The summed E-state index contributed by atoms with van der Waals surface area (Å²) in [7, 11) is 1.94. The van der Waals surface area contributed by atoms with E-state index in [-0.39, 0.29) is 6.04 Å². The molecule has 1 N–H and O–H groups in total. The Kier molecular flexibility index (Phi) is 4.08. The Morgan fingerprint density at radius 2 is 2.00 bits per heavy atom. The maximum Gasteiger partial charge on any atom is 0.318 e. The van der Waals surface area contributed by atoms with Crippen LogP contribution in [0.15, 0.2) is 4.42 Å². The van der Waals surface area contributed by atoms with Crippen molar-refractivity contribution in [1.29, 1.82) is 0 Å². The molecule has 0 amide bonds. The lowest BCUT2D eigenvalue weighted by Crippen LogP contribution is -2.25. The van der Waals surface area contributed by atoms with Gasteiger partial charge in [-0.3, -0.25) is 0 Å². The average molecular weight is 212 g/mol. The van der Waals surface area contributed by atoms with Crippen LogP contribution in [0, 0.1) is 0 Å². The van der Waals surface area contributed by atoms with E-state index in [1.165, 1.54) is 0 Å². The lowest BCUT2D eigenvalue weighted by molar-refractivity contribution is 0.418. The van der Waals surface area contributed by atoms with Gasteiger partial charge < -0.3 is 14.6 Å². The molecule has 0 spiro atoms. The predicted octanol–water partition coefficient (Wildman–Crippen LogP) is 1.58. The van der Waals surface area contributed by atoms with Gasteiger partial charge in [-0.2, -0.15) is 0 Å². The molecule has 1 aromatic rings. The molecule has 1 aromatic heterocycles. The molecule has 0 saturated heterocycles. The Hall–Kier alpha value is -1.10. The quantitative estimate of drug-likeness (QED) is 0.803. The summed E-state index contributed by atoms with van der Waals surface area (Å²) in [5.74, 6) is 0.638. The third-order valence-corrected chi connectivity index (χ3v) is 2.39. The fourth-order valence-electron chi connectivity index (χ4n) is 1.16. The zero-order chi connectivity index (χ0) is 11.4. The lowest BCUT2D eigenvalue weighted by atomic mass is 10.3. The largest absolute Gasteiger partial charge is 0.406 e. The molecule has 1 atom stereocenters. The molecule has 0 saturated carbocycles. The number of nitrogens with zero attached hydrogens (tertiary/aromatic N) is 3. The molecule has 0 aliphatic carbocycles. The van der Waals surface area contributed by atoms with Gasteiger partial charge in [0, 0.05) is 13.1 Å². The van der Waals surface area contributed by atoms with Crippen molar-refractivity contribution in [3.05, 3.63) is 5.89 Å². The first-order chi connectivity index (χ1) is 7.06. The predicted molar refractivity (Wildman–Crippen MR) is 59.9 cm³/mol. The Bertz CT molecular complexity index is 297. The first kappa shape index (κ1) is 12.0. The molecule has 0 radical (unpaired) electrons. The van der Waals surface area contributed by atoms with E-state index >= 15 is 0 Å². The summed E-state index contributed by atoms with van der Waals surface area (Å²) < 4.78 is 5.56. The van der Waals surface area contributed by atoms with Gasteiger partial charge in [-0.15, -0.1) is 5.10 Å². The Morgan fingerprint density at radius 3 is 2.53 bits per heavy atom. The van der Waals surface area contributed by atoms with Crippen LogP contribution >= 0.6 is 0 Å². The first-order valence-corrected chi connectivity index (χ1v) is 5.35. The van der Waals surface area contributed by atoms with Crippen molar-refractivity contribution in [2.24, 2.45) is 0 Å². The van der Waals surface area contributed by atoms with E-state index in [1.807, 2.05) is 25.8 Å². The number of aromatic nitrogens is 2. The third-order valence-electron chi connectivity index (χ3n) is 2.39. The number of nitrogens with one attached hydrogen (secondary N) is 1. The van der Waals surface area contributed by atoms with Gasteiger partial charge in [0.05, 0.1) is 6.04 Å². The van der Waals surface area contributed by atoms with Gasteiger partial charge in [0.2, 0.25) is 5.89 Å². The molecule has 0 fully saturated rings. The smallest absolute Gasteiger partial charge is 0.318 e. The molecule has 0 aliphatic rings. The van der Waals surface area contributed by atoms with Crippen molar-refractivity contribution in [2.45, 2.75) is 39.8 Å². The molecule has 0 bridgehead atoms. The second-order valence-corrected chi connectivity index (χ2v) is 3.91. The van der Waals surface area contributed by atoms with E-state index in [1.54, 1.807) is 0 Å². The van der Waals surface area contributed by atoms with Gasteiger partial charge in [0.25, 0.3) is 0 Å². The highest BCUT2D eigenvalue weighted by Crippen LogP contribution is 2.17. The van der Waals surface area contributed by atoms with E-state index in [4.69, 9.17) is 4.42 Å². The summed E-state index contributed by atoms with van der Waals surface area (Å²) >= 11 is 0. The summed E-state index contributed by atoms with van der Waals surface area (Å²) in [5, 5.41) is 11.3. The summed E-state index contributed by atoms with van der Waals surface area (Å²) in [6.07, 6.45) is 0. The SMILES string of the molecule is CCNC(C)c1nnc(N(C)C(C)C)o1. The van der Waals surface area contributed by atoms with Crippen LogP contribution in [0.5, 0.6) is 0 Å². The van der Waals surface area contributed by atoms with E-state index in [9.17, 15) is 0 Å². The average Bonchev–Trinajstić information content (AvgIpc) is 2.65. The Morgan fingerprint density at radius 1 is 1.33 bits per heavy atom. The maximum atomic E-state index is 5.56. The minimum absolute atomic E-state index is 0.108. The highest BCUT2D eigenvalue weighted by Gasteiger charge is 2.16. The van der Waals surface area contributed by atoms with Crippen LogP contribution in [0.4, 0.5) is 6.01 Å². The molecule has 5 nitrogen and oxygen atoms in total. The van der Waals surface area contributed by atoms with Crippen molar-refractivity contribution in [2.75, 3.05) is 18.5 Å². The van der Waals surface area contributed by atoms with Gasteiger partial charge in [-0.1, -0.05) is 12.0 Å². The van der Waals surface area contributed by atoms with Gasteiger partial charge in [0.1, 0.15) is 0 Å². The minimum atomic E-state index is 0.108. The topological polar surface area (TPSA) is 54.2 Å². The van der Waals surface area contributed by atoms with Crippen LogP contribution in [0.25, 0.3) is 0 Å². The van der Waals surface area contributed by atoms with E-state index in [0.29, 0.717) is 17.9 Å². The van der Waals surface area contributed by atoms with Crippen LogP contribution in [0.2, 0.25) is 0 Å². The molecular formula is C10H20N4O. The normalized spacial score (nSPS) is 13.2. The van der Waals surface area contributed by atoms with Gasteiger partial charge in [-0.25, -0.2) is 0 Å². The van der Waals surface area contributed by atoms with Crippen LogP contribution < -0.4 is 10.2 Å². The van der Waals surface area contributed by atoms with Crippen LogP contribution in [0.3, 0.4) is 0 Å². The van der Waals surface area contributed by atoms with Gasteiger partial charge >= 0.3 is 6.01 Å². The van der Waals surface area contributed by atoms with E-state index < -0.39 is 0 Å². The van der Waals surface area contributed by atoms with Crippen molar-refractivity contribution >= 4 is 6.01 Å². The van der Waals surface area contributed by atoms with Gasteiger partial charge in [0.15, 0.2) is 0 Å².